The number of hydrogen-bond acceptors (Lipinski definition) is 3. The highest BCUT2D eigenvalue weighted by Gasteiger charge is 2.52. The zero-order valence-corrected chi connectivity index (χ0v) is 11.5. The molecule has 0 saturated carbocycles. The second-order valence-corrected chi connectivity index (χ2v) is 6.31. The molecular weight excluding hydrogens is 242 g/mol. The third-order valence-corrected chi connectivity index (χ3v) is 3.49. The van der Waals surface area contributed by atoms with Crippen LogP contribution in [0.3, 0.4) is 0 Å². The second-order valence-electron chi connectivity index (χ2n) is 6.31. The van der Waals surface area contributed by atoms with Crippen LogP contribution >= 0.6 is 0 Å². The summed E-state index contributed by atoms with van der Waals surface area (Å²) < 4.78 is 11.2. The zero-order valence-electron chi connectivity index (χ0n) is 11.5. The van der Waals surface area contributed by atoms with Crippen molar-refractivity contribution in [2.24, 2.45) is 0 Å². The summed E-state index contributed by atoms with van der Waals surface area (Å²) in [7, 11) is 0. The molecule has 1 aromatic rings. The highest BCUT2D eigenvalue weighted by Crippen LogP contribution is 2.49. The quantitative estimate of drug-likeness (QED) is 0.845. The lowest BCUT2D eigenvalue weighted by atomic mass is 9.78. The van der Waals surface area contributed by atoms with Crippen LogP contribution in [0.15, 0.2) is 24.3 Å². The maximum atomic E-state index is 11.9. The molecule has 0 radical (unpaired) electrons. The van der Waals surface area contributed by atoms with E-state index in [1.54, 1.807) is 0 Å². The van der Waals surface area contributed by atoms with Crippen molar-refractivity contribution in [1.29, 1.82) is 0 Å². The van der Waals surface area contributed by atoms with Crippen LogP contribution in [0, 0.1) is 0 Å². The number of rotatable bonds is 1. The van der Waals surface area contributed by atoms with Gasteiger partial charge in [0.05, 0.1) is 6.10 Å². The highest BCUT2D eigenvalue weighted by molar-refractivity contribution is 5.69. The van der Waals surface area contributed by atoms with Crippen LogP contribution in [-0.4, -0.2) is 17.4 Å². The maximum absolute atomic E-state index is 11.9. The van der Waals surface area contributed by atoms with Gasteiger partial charge in [0.25, 0.3) is 0 Å². The van der Waals surface area contributed by atoms with Crippen molar-refractivity contribution in [2.75, 3.05) is 0 Å². The number of hydrogen-bond donors (Lipinski definition) is 1. The molecule has 1 saturated heterocycles. The summed E-state index contributed by atoms with van der Waals surface area (Å²) in [6.07, 6.45) is 1.23. The van der Waals surface area contributed by atoms with Gasteiger partial charge in [-0.3, -0.25) is 5.32 Å². The van der Waals surface area contributed by atoms with Crippen molar-refractivity contribution in [3.8, 4) is 0 Å². The van der Waals surface area contributed by atoms with E-state index in [2.05, 4.69) is 17.4 Å². The molecular formula is C15H19NO3. The Morgan fingerprint density at radius 2 is 2.11 bits per heavy atom. The second kappa shape index (κ2) is 3.97. The molecule has 2 aliphatic heterocycles. The van der Waals surface area contributed by atoms with Crippen LogP contribution in [0.1, 0.15) is 44.4 Å². The molecule has 4 heteroatoms. The molecule has 0 aromatic heterocycles. The van der Waals surface area contributed by atoms with Crippen molar-refractivity contribution in [1.82, 2.24) is 5.32 Å². The van der Waals surface area contributed by atoms with Crippen LogP contribution in [0.5, 0.6) is 0 Å². The Labute approximate surface area is 113 Å². The van der Waals surface area contributed by atoms with Gasteiger partial charge in [-0.15, -0.1) is 0 Å². The average molecular weight is 261 g/mol. The summed E-state index contributed by atoms with van der Waals surface area (Å²) in [6.45, 7) is 5.56. The Morgan fingerprint density at radius 1 is 1.42 bits per heavy atom. The van der Waals surface area contributed by atoms with Crippen LogP contribution in [0.2, 0.25) is 0 Å². The van der Waals surface area contributed by atoms with Crippen LogP contribution in [-0.2, 0) is 15.9 Å². The van der Waals surface area contributed by atoms with Crippen molar-refractivity contribution in [2.45, 2.75) is 51.0 Å². The number of amides is 1. The minimum absolute atomic E-state index is 0.111. The van der Waals surface area contributed by atoms with E-state index >= 15 is 0 Å². The van der Waals surface area contributed by atoms with Crippen LogP contribution in [0.4, 0.5) is 4.79 Å². The predicted molar refractivity (Wildman–Crippen MR) is 70.7 cm³/mol. The first kappa shape index (κ1) is 12.5. The standard InChI is InChI=1S/C15H19NO3/c1-14(2,3)19-13(17)16-15-8-10-6-4-5-7-11(10)12(9-15)18-15/h4-7,12H,8-9H2,1-3H3,(H,16,17)/t12-,15+/m0/s1. The Hall–Kier alpha value is -1.55. The minimum Gasteiger partial charge on any atom is -0.444 e. The lowest BCUT2D eigenvalue weighted by Gasteiger charge is -2.52. The molecule has 2 heterocycles. The number of carbonyl (C=O) groups excluding carboxylic acids is 1. The largest absolute Gasteiger partial charge is 0.444 e. The van der Waals surface area contributed by atoms with Gasteiger partial charge in [0, 0.05) is 12.8 Å². The summed E-state index contributed by atoms with van der Waals surface area (Å²) >= 11 is 0. The van der Waals surface area contributed by atoms with Gasteiger partial charge in [-0.1, -0.05) is 24.3 Å². The Morgan fingerprint density at radius 3 is 2.79 bits per heavy atom. The minimum atomic E-state index is -0.568. The maximum Gasteiger partial charge on any atom is 0.409 e. The Bertz CT molecular complexity index is 512. The average Bonchev–Trinajstić information content (AvgIpc) is 2.24. The smallest absolute Gasteiger partial charge is 0.409 e. The highest BCUT2D eigenvalue weighted by atomic mass is 16.6. The van der Waals surface area contributed by atoms with Gasteiger partial charge < -0.3 is 9.47 Å². The molecule has 2 bridgehead atoms. The summed E-state index contributed by atoms with van der Waals surface area (Å²) in [5, 5.41) is 2.88. The van der Waals surface area contributed by atoms with Gasteiger partial charge in [0.2, 0.25) is 0 Å². The fourth-order valence-corrected chi connectivity index (χ4v) is 2.78. The first-order valence-corrected chi connectivity index (χ1v) is 6.64. The van der Waals surface area contributed by atoms with Crippen molar-refractivity contribution >= 4 is 6.09 Å². The molecule has 4 rings (SSSR count). The van der Waals surface area contributed by atoms with Crippen LogP contribution < -0.4 is 5.32 Å². The molecule has 102 valence electrons. The third-order valence-electron chi connectivity index (χ3n) is 3.49. The monoisotopic (exact) mass is 261 g/mol. The van der Waals surface area contributed by atoms with Gasteiger partial charge in [-0.05, 0) is 31.9 Å². The molecule has 4 nitrogen and oxygen atoms in total. The third kappa shape index (κ3) is 2.32. The normalized spacial score (nSPS) is 28.1. The summed E-state index contributed by atoms with van der Waals surface area (Å²) in [6, 6.07) is 8.23. The van der Waals surface area contributed by atoms with Crippen LogP contribution in [0.25, 0.3) is 0 Å². The van der Waals surface area contributed by atoms with Gasteiger partial charge in [0.1, 0.15) is 5.60 Å². The van der Waals surface area contributed by atoms with Gasteiger partial charge >= 0.3 is 6.09 Å². The number of benzene rings is 1. The van der Waals surface area contributed by atoms with E-state index in [0.29, 0.717) is 6.42 Å². The number of carbonyl (C=O) groups is 1. The van der Waals surface area contributed by atoms with E-state index in [9.17, 15) is 4.79 Å². The first-order chi connectivity index (χ1) is 8.87. The fraction of sp³-hybridized carbons (Fsp3) is 0.533. The van der Waals surface area contributed by atoms with E-state index in [0.717, 1.165) is 6.42 Å². The van der Waals surface area contributed by atoms with Gasteiger partial charge in [-0.25, -0.2) is 4.79 Å². The summed E-state index contributed by atoms with van der Waals surface area (Å²) in [4.78, 5) is 11.9. The molecule has 0 spiro atoms. The number of ether oxygens (including phenoxy) is 2. The van der Waals surface area contributed by atoms with Gasteiger partial charge in [-0.2, -0.15) is 0 Å². The molecule has 1 fully saturated rings. The molecule has 3 aliphatic rings. The molecule has 2 atom stereocenters. The molecule has 0 unspecified atom stereocenters. The summed E-state index contributed by atoms with van der Waals surface area (Å²) in [5.41, 5.74) is 1.44. The Kier molecular flexibility index (Phi) is 2.61. The van der Waals surface area contributed by atoms with E-state index in [1.807, 2.05) is 32.9 Å². The molecule has 1 aliphatic carbocycles. The van der Waals surface area contributed by atoms with Gasteiger partial charge in [0.15, 0.2) is 5.72 Å². The van der Waals surface area contributed by atoms with Crippen molar-refractivity contribution in [3.05, 3.63) is 35.4 Å². The number of nitrogens with one attached hydrogen (secondary N) is 1. The summed E-state index contributed by atoms with van der Waals surface area (Å²) in [5.74, 6) is 0. The van der Waals surface area contributed by atoms with E-state index in [4.69, 9.17) is 9.47 Å². The van der Waals surface area contributed by atoms with E-state index in [-0.39, 0.29) is 6.10 Å². The number of alkyl carbamates (subject to hydrolysis) is 1. The lowest BCUT2D eigenvalue weighted by molar-refractivity contribution is -0.233. The lowest BCUT2D eigenvalue weighted by Crippen LogP contribution is -2.63. The SMILES string of the molecule is CC(C)(C)OC(=O)N[C@@]12Cc3ccccc3[C@H](C1)O2. The van der Waals surface area contributed by atoms with E-state index in [1.165, 1.54) is 11.1 Å². The molecule has 1 aromatic carbocycles. The topological polar surface area (TPSA) is 47.6 Å². The van der Waals surface area contributed by atoms with Crippen molar-refractivity contribution in [3.63, 3.8) is 0 Å². The predicted octanol–water partition coefficient (Wildman–Crippen LogP) is 2.93. The molecule has 1 amide bonds. The Balaban J connectivity index is 1.71. The zero-order chi connectivity index (χ0) is 13.7. The first-order valence-electron chi connectivity index (χ1n) is 6.64. The molecule has 1 N–H and O–H groups in total. The fourth-order valence-electron chi connectivity index (χ4n) is 2.78. The molecule has 19 heavy (non-hydrogen) atoms. The van der Waals surface area contributed by atoms with E-state index < -0.39 is 17.4 Å². The van der Waals surface area contributed by atoms with Crippen molar-refractivity contribution < 1.29 is 14.3 Å².